The summed E-state index contributed by atoms with van der Waals surface area (Å²) in [5.41, 5.74) is 0.894. The first kappa shape index (κ1) is 24.9. The van der Waals surface area contributed by atoms with Gasteiger partial charge in [0.2, 0.25) is 5.91 Å². The van der Waals surface area contributed by atoms with E-state index in [-0.39, 0.29) is 25.5 Å². The van der Waals surface area contributed by atoms with Crippen molar-refractivity contribution in [2.24, 2.45) is 11.3 Å². The van der Waals surface area contributed by atoms with Gasteiger partial charge < -0.3 is 14.8 Å². The van der Waals surface area contributed by atoms with E-state index in [1.54, 1.807) is 10.9 Å². The number of aryl methyl sites for hydroxylation is 1. The maximum absolute atomic E-state index is 11.9. The molecule has 33 heavy (non-hydrogen) atoms. The molecule has 2 aromatic rings. The number of fused-ring (bicyclic) bond motifs is 1. The second kappa shape index (κ2) is 10.5. The van der Waals surface area contributed by atoms with Crippen molar-refractivity contribution in [2.45, 2.75) is 44.8 Å². The third-order valence-electron chi connectivity index (χ3n) is 5.90. The van der Waals surface area contributed by atoms with Gasteiger partial charge in [-0.1, -0.05) is 22.9 Å². The lowest BCUT2D eigenvalue weighted by atomic mass is 9.70. The zero-order valence-corrected chi connectivity index (χ0v) is 19.0. The highest BCUT2D eigenvalue weighted by Gasteiger charge is 2.41. The normalized spacial score (nSPS) is 22.2. The Bertz CT molecular complexity index is 1170. The monoisotopic (exact) mass is 472 g/mol. The molecular weight excluding hydrogens is 446 g/mol. The fourth-order valence-electron chi connectivity index (χ4n) is 3.92. The maximum atomic E-state index is 11.9. The molecule has 3 rings (SSSR count). The number of aromatic nitrogens is 2. The van der Waals surface area contributed by atoms with Crippen molar-refractivity contribution in [2.75, 3.05) is 12.4 Å². The number of benzene rings is 1. The van der Waals surface area contributed by atoms with Crippen molar-refractivity contribution >= 4 is 27.9 Å². The van der Waals surface area contributed by atoms with Gasteiger partial charge in [0.25, 0.3) is 0 Å². The van der Waals surface area contributed by atoms with Crippen molar-refractivity contribution in [1.82, 2.24) is 15.3 Å². The van der Waals surface area contributed by atoms with Crippen molar-refractivity contribution < 1.29 is 29.0 Å². The number of hydrogen-bond donors (Lipinski definition) is 4. The molecule has 0 radical (unpaired) electrons. The van der Waals surface area contributed by atoms with Gasteiger partial charge in [-0.2, -0.15) is 5.10 Å². The van der Waals surface area contributed by atoms with E-state index in [9.17, 15) is 18.7 Å². The second-order valence-electron chi connectivity index (χ2n) is 8.78. The Balaban J connectivity index is 1.63. The Labute approximate surface area is 194 Å². The van der Waals surface area contributed by atoms with Gasteiger partial charge in [-0.05, 0) is 62.1 Å². The van der Waals surface area contributed by atoms with Gasteiger partial charge in [0, 0.05) is 42.5 Å². The number of hydrogen-bond acceptors (Lipinski definition) is 7. The zero-order chi connectivity index (χ0) is 24.1. The molecule has 0 aliphatic heterocycles. The minimum atomic E-state index is -2.44. The molecule has 1 saturated carbocycles. The highest BCUT2D eigenvalue weighted by Crippen LogP contribution is 2.39. The Morgan fingerprint density at radius 3 is 2.85 bits per heavy atom. The maximum Gasteiger partial charge on any atom is 0.250 e. The largest absolute Gasteiger partial charge is 0.772 e. The number of carbonyl (C=O) groups is 1. The molecule has 0 spiro atoms. The fourth-order valence-corrected chi connectivity index (χ4v) is 4.72. The van der Waals surface area contributed by atoms with Gasteiger partial charge in [0.05, 0.1) is 16.5 Å². The summed E-state index contributed by atoms with van der Waals surface area (Å²) in [5.74, 6) is 10.3. The van der Waals surface area contributed by atoms with E-state index >= 15 is 0 Å². The highest BCUT2D eigenvalue weighted by molar-refractivity contribution is 7.79. The lowest BCUT2D eigenvalue weighted by Crippen LogP contribution is -2.44. The van der Waals surface area contributed by atoms with Crippen LogP contribution in [0, 0.1) is 35.0 Å². The third kappa shape index (κ3) is 6.41. The number of nitrogens with one attached hydrogen (secondary N) is 1. The van der Waals surface area contributed by atoms with Gasteiger partial charge in [-0.15, -0.1) is 0 Å². The molecular formula is C23H26N3O6S-. The van der Waals surface area contributed by atoms with Crippen LogP contribution in [-0.2, 0) is 22.4 Å². The molecule has 1 aromatic carbocycles. The molecule has 1 unspecified atom stereocenters. The number of hydroxylamine groups is 1. The van der Waals surface area contributed by atoms with Crippen LogP contribution in [0.2, 0.25) is 0 Å². The average Bonchev–Trinajstić information content (AvgIpc) is 3.16. The number of aliphatic hydroxyl groups excluding tert-OH is 1. The highest BCUT2D eigenvalue weighted by atomic mass is 32.2. The lowest BCUT2D eigenvalue weighted by molar-refractivity contribution is -0.138. The summed E-state index contributed by atoms with van der Waals surface area (Å²) in [6.07, 6.45) is 3.39. The molecule has 1 aromatic heterocycles. The van der Waals surface area contributed by atoms with E-state index in [0.717, 1.165) is 16.5 Å². The van der Waals surface area contributed by atoms with Crippen LogP contribution in [0.1, 0.15) is 38.2 Å². The van der Waals surface area contributed by atoms with Crippen molar-refractivity contribution in [3.8, 4) is 23.7 Å². The predicted octanol–water partition coefficient (Wildman–Crippen LogP) is 0.696. The van der Waals surface area contributed by atoms with Crippen LogP contribution >= 0.6 is 0 Å². The minimum absolute atomic E-state index is 0.0902. The first-order valence-electron chi connectivity index (χ1n) is 10.5. The lowest BCUT2D eigenvalue weighted by Gasteiger charge is -2.41. The van der Waals surface area contributed by atoms with Gasteiger partial charge in [-0.25, -0.2) is 5.48 Å². The van der Waals surface area contributed by atoms with Crippen LogP contribution in [0.15, 0.2) is 24.4 Å². The molecule has 1 amide bonds. The van der Waals surface area contributed by atoms with Crippen molar-refractivity contribution in [3.05, 3.63) is 30.0 Å². The molecule has 9 nitrogen and oxygen atoms in total. The number of rotatable bonds is 8. The Morgan fingerprint density at radius 1 is 1.42 bits per heavy atom. The van der Waals surface area contributed by atoms with Crippen molar-refractivity contribution in [1.29, 1.82) is 0 Å². The van der Waals surface area contributed by atoms with Gasteiger partial charge >= 0.3 is 0 Å². The topological polar surface area (TPSA) is 148 Å². The summed E-state index contributed by atoms with van der Waals surface area (Å²) in [6, 6.07) is 5.47. The molecule has 2 atom stereocenters. The first-order valence-corrected chi connectivity index (χ1v) is 11.7. The smallest absolute Gasteiger partial charge is 0.250 e. The summed E-state index contributed by atoms with van der Waals surface area (Å²) < 4.78 is 23.9. The minimum Gasteiger partial charge on any atom is -0.772 e. The second-order valence-corrected chi connectivity index (χ2v) is 9.67. The van der Waals surface area contributed by atoms with Gasteiger partial charge in [0.1, 0.15) is 0 Å². The molecule has 1 aliphatic rings. The summed E-state index contributed by atoms with van der Waals surface area (Å²) in [4.78, 5) is 11.9. The van der Waals surface area contributed by atoms with E-state index in [2.05, 4.69) is 28.8 Å². The summed E-state index contributed by atoms with van der Waals surface area (Å²) in [7, 11) is 0. The molecule has 1 heterocycles. The van der Waals surface area contributed by atoms with Crippen LogP contribution < -0.4 is 5.48 Å². The van der Waals surface area contributed by atoms with E-state index < -0.39 is 33.8 Å². The third-order valence-corrected chi connectivity index (χ3v) is 6.77. The summed E-state index contributed by atoms with van der Waals surface area (Å²) in [5, 5.41) is 33.4. The molecule has 1 aliphatic carbocycles. The van der Waals surface area contributed by atoms with E-state index in [4.69, 9.17) is 10.3 Å². The van der Waals surface area contributed by atoms with E-state index in [0.29, 0.717) is 19.3 Å². The number of nitrogens with zero attached hydrogens (tertiary/aromatic N) is 2. The van der Waals surface area contributed by atoms with E-state index in [1.165, 1.54) is 12.4 Å². The van der Waals surface area contributed by atoms with Gasteiger partial charge in [-0.3, -0.25) is 18.9 Å². The quantitative estimate of drug-likeness (QED) is 0.191. The predicted molar refractivity (Wildman–Crippen MR) is 120 cm³/mol. The Kier molecular flexibility index (Phi) is 7.90. The molecule has 0 saturated heterocycles. The summed E-state index contributed by atoms with van der Waals surface area (Å²) >= 11 is -2.44. The molecule has 10 heteroatoms. The number of aliphatic hydroxyl groups is 2. The number of carbonyl (C=O) groups excluding carboxylic acids is 1. The van der Waals surface area contributed by atoms with Crippen LogP contribution in [0.25, 0.3) is 10.9 Å². The van der Waals surface area contributed by atoms with Crippen LogP contribution in [-0.4, -0.2) is 57.8 Å². The fraction of sp³-hybridized carbons (Fsp3) is 0.478. The van der Waals surface area contributed by atoms with Gasteiger partial charge in [0.15, 0.2) is 0 Å². The molecule has 1 fully saturated rings. The average molecular weight is 473 g/mol. The van der Waals surface area contributed by atoms with Crippen LogP contribution in [0.4, 0.5) is 0 Å². The molecule has 0 bridgehead atoms. The SMILES string of the molecule is C[C@](CCn1cc2cc(C#CC#CCC3(O)CC(CO)C3)ccc2n1)(CS(=O)[O-])C(=O)NO. The number of amides is 1. The molecule has 4 N–H and O–H groups in total. The zero-order valence-electron chi connectivity index (χ0n) is 18.2. The first-order chi connectivity index (χ1) is 15.7. The Morgan fingerprint density at radius 2 is 2.18 bits per heavy atom. The van der Waals surface area contributed by atoms with E-state index in [1.807, 2.05) is 18.2 Å². The van der Waals surface area contributed by atoms with Crippen LogP contribution in [0.3, 0.4) is 0 Å². The molecule has 176 valence electrons. The summed E-state index contributed by atoms with van der Waals surface area (Å²) in [6.45, 7) is 1.84. The Hall–Kier alpha value is -2.73. The standard InChI is InChI=1S/C23H27N3O6S/c1-22(16-33(31)32,21(28)25-30)9-10-26-14-19-11-17(6-7-20(19)24-26)5-3-2-4-8-23(29)12-18(13-23)15-27/h6-7,11,14,18,27,29-30H,8-10,12-13,15-16H2,1H3,(H,25,28)(H,31,32)/p-1/t18?,22-,23?/m0/s1. The van der Waals surface area contributed by atoms with Crippen LogP contribution in [0.5, 0.6) is 0 Å². The van der Waals surface area contributed by atoms with Crippen molar-refractivity contribution in [3.63, 3.8) is 0 Å².